The summed E-state index contributed by atoms with van der Waals surface area (Å²) in [6.45, 7) is 2.31. The van der Waals surface area contributed by atoms with Crippen molar-refractivity contribution >= 4 is 5.97 Å². The Morgan fingerprint density at radius 3 is 2.58 bits per heavy atom. The molecule has 0 aliphatic heterocycles. The number of aliphatic hydroxyl groups excluding tert-OH is 3. The van der Waals surface area contributed by atoms with Gasteiger partial charge in [-0.05, 0) is 68.8 Å². The Kier molecular flexibility index (Phi) is 13.5. The van der Waals surface area contributed by atoms with E-state index >= 15 is 0 Å². The SMILES string of the molecule is CCCCOC(=O)CCC(C=CCC1C(O)CC(O)C1CCC(O)CCc1ccccc1)O[N+](=O)[O-]. The van der Waals surface area contributed by atoms with Crippen molar-refractivity contribution in [3.05, 3.63) is 58.2 Å². The molecule has 1 aromatic rings. The van der Waals surface area contributed by atoms with Crippen molar-refractivity contribution in [2.24, 2.45) is 11.8 Å². The lowest BCUT2D eigenvalue weighted by molar-refractivity contribution is -0.765. The number of rotatable bonds is 17. The summed E-state index contributed by atoms with van der Waals surface area (Å²) in [5.74, 6) is -0.832. The highest BCUT2D eigenvalue weighted by molar-refractivity contribution is 5.69. The molecule has 1 aliphatic carbocycles. The zero-order valence-corrected chi connectivity index (χ0v) is 21.1. The summed E-state index contributed by atoms with van der Waals surface area (Å²) in [6.07, 6.45) is 5.42. The highest BCUT2D eigenvalue weighted by Gasteiger charge is 2.40. The van der Waals surface area contributed by atoms with Gasteiger partial charge in [0.1, 0.15) is 6.10 Å². The van der Waals surface area contributed by atoms with E-state index in [1.165, 1.54) is 6.08 Å². The van der Waals surface area contributed by atoms with Crippen LogP contribution < -0.4 is 0 Å². The Labute approximate surface area is 213 Å². The van der Waals surface area contributed by atoms with Gasteiger partial charge in [-0.1, -0.05) is 55.8 Å². The number of hydrogen-bond donors (Lipinski definition) is 3. The number of esters is 1. The summed E-state index contributed by atoms with van der Waals surface area (Å²) < 4.78 is 5.08. The molecule has 1 aromatic carbocycles. The molecule has 0 bridgehead atoms. The zero-order valence-electron chi connectivity index (χ0n) is 21.1. The van der Waals surface area contributed by atoms with E-state index in [0.717, 1.165) is 24.8 Å². The summed E-state index contributed by atoms with van der Waals surface area (Å²) in [5.41, 5.74) is 1.16. The molecule has 0 amide bonds. The summed E-state index contributed by atoms with van der Waals surface area (Å²) in [4.78, 5) is 27.4. The summed E-state index contributed by atoms with van der Waals surface area (Å²) in [7, 11) is 0. The molecule has 6 atom stereocenters. The number of aliphatic hydroxyl groups is 3. The van der Waals surface area contributed by atoms with Gasteiger partial charge in [-0.15, -0.1) is 10.1 Å². The van der Waals surface area contributed by atoms with Crippen molar-refractivity contribution in [2.45, 2.75) is 95.5 Å². The minimum absolute atomic E-state index is 0.000817. The lowest BCUT2D eigenvalue weighted by Crippen LogP contribution is -2.24. The number of nitrogens with zero attached hydrogens (tertiary/aromatic N) is 1. The van der Waals surface area contributed by atoms with Crippen LogP contribution in [0.1, 0.15) is 70.3 Å². The van der Waals surface area contributed by atoms with E-state index in [4.69, 9.17) is 9.57 Å². The molecule has 202 valence electrons. The van der Waals surface area contributed by atoms with Crippen molar-refractivity contribution < 1.29 is 34.8 Å². The number of allylic oxidation sites excluding steroid dienone is 1. The van der Waals surface area contributed by atoms with Crippen LogP contribution in [0.5, 0.6) is 0 Å². The maximum Gasteiger partial charge on any atom is 0.305 e. The Balaban J connectivity index is 1.84. The van der Waals surface area contributed by atoms with Gasteiger partial charge in [0.05, 0.1) is 24.9 Å². The van der Waals surface area contributed by atoms with Crippen LogP contribution in [-0.2, 0) is 20.8 Å². The van der Waals surface area contributed by atoms with E-state index < -0.39 is 35.5 Å². The molecule has 2 rings (SSSR count). The highest BCUT2D eigenvalue weighted by Crippen LogP contribution is 2.38. The Morgan fingerprint density at radius 2 is 1.89 bits per heavy atom. The largest absolute Gasteiger partial charge is 0.466 e. The second kappa shape index (κ2) is 16.3. The van der Waals surface area contributed by atoms with Crippen LogP contribution in [0, 0.1) is 22.0 Å². The van der Waals surface area contributed by atoms with Crippen LogP contribution >= 0.6 is 0 Å². The zero-order chi connectivity index (χ0) is 26.3. The van der Waals surface area contributed by atoms with Gasteiger partial charge in [0.2, 0.25) is 0 Å². The predicted molar refractivity (Wildman–Crippen MR) is 134 cm³/mol. The Bertz CT molecular complexity index is 802. The fourth-order valence-corrected chi connectivity index (χ4v) is 4.76. The van der Waals surface area contributed by atoms with Crippen molar-refractivity contribution in [3.8, 4) is 0 Å². The van der Waals surface area contributed by atoms with E-state index in [1.54, 1.807) is 6.08 Å². The third kappa shape index (κ3) is 11.1. The fourth-order valence-electron chi connectivity index (χ4n) is 4.76. The van der Waals surface area contributed by atoms with E-state index in [0.29, 0.717) is 32.3 Å². The van der Waals surface area contributed by atoms with Crippen molar-refractivity contribution in [2.75, 3.05) is 6.61 Å². The number of carbonyl (C=O) groups is 1. The summed E-state index contributed by atoms with van der Waals surface area (Å²) in [6, 6.07) is 9.94. The van der Waals surface area contributed by atoms with Gasteiger partial charge in [-0.2, -0.15) is 0 Å². The lowest BCUT2D eigenvalue weighted by Gasteiger charge is -2.24. The molecule has 0 aromatic heterocycles. The van der Waals surface area contributed by atoms with E-state index in [1.807, 2.05) is 37.3 Å². The topological polar surface area (TPSA) is 139 Å². The minimum atomic E-state index is -0.902. The molecule has 0 saturated heterocycles. The molecular weight excluding hydrogens is 466 g/mol. The number of benzene rings is 1. The van der Waals surface area contributed by atoms with Gasteiger partial charge in [-0.3, -0.25) is 4.79 Å². The Hall–Kier alpha value is -2.49. The first-order chi connectivity index (χ1) is 17.3. The van der Waals surface area contributed by atoms with Gasteiger partial charge in [0, 0.05) is 6.42 Å². The molecule has 0 spiro atoms. The average Bonchev–Trinajstić information content (AvgIpc) is 3.12. The van der Waals surface area contributed by atoms with Gasteiger partial charge in [-0.25, -0.2) is 0 Å². The first kappa shape index (κ1) is 29.7. The standard InChI is InChI=1S/C27H41NO8/c1-2-3-18-35-27(32)17-15-22(36-28(33)34)10-7-11-23-24(26(31)19-25(23)30)16-14-21(29)13-12-20-8-5-4-6-9-20/h4-10,21-26,29-31H,2-3,11-19H2,1H3. The number of aryl methyl sites for hydroxylation is 1. The first-order valence-electron chi connectivity index (χ1n) is 13.0. The third-order valence-corrected chi connectivity index (χ3v) is 6.84. The molecule has 1 fully saturated rings. The molecule has 1 saturated carbocycles. The van der Waals surface area contributed by atoms with Crippen molar-refractivity contribution in [1.29, 1.82) is 0 Å². The van der Waals surface area contributed by atoms with Gasteiger partial charge in [0.15, 0.2) is 0 Å². The van der Waals surface area contributed by atoms with E-state index in [9.17, 15) is 30.2 Å². The summed E-state index contributed by atoms with van der Waals surface area (Å²) >= 11 is 0. The number of ether oxygens (including phenoxy) is 1. The second-order valence-electron chi connectivity index (χ2n) is 9.60. The smallest absolute Gasteiger partial charge is 0.305 e. The number of hydrogen-bond acceptors (Lipinski definition) is 8. The predicted octanol–water partition coefficient (Wildman–Crippen LogP) is 3.76. The molecule has 9 nitrogen and oxygen atoms in total. The van der Waals surface area contributed by atoms with Crippen LogP contribution in [0.4, 0.5) is 0 Å². The lowest BCUT2D eigenvalue weighted by atomic mass is 9.85. The van der Waals surface area contributed by atoms with Crippen molar-refractivity contribution in [3.63, 3.8) is 0 Å². The third-order valence-electron chi connectivity index (χ3n) is 6.84. The molecule has 36 heavy (non-hydrogen) atoms. The molecule has 6 unspecified atom stereocenters. The maximum atomic E-state index is 11.8. The quantitative estimate of drug-likeness (QED) is 0.0952. The van der Waals surface area contributed by atoms with Crippen molar-refractivity contribution in [1.82, 2.24) is 0 Å². The normalized spacial score (nSPS) is 23.4. The molecule has 3 N–H and O–H groups in total. The van der Waals surface area contributed by atoms with E-state index in [-0.39, 0.29) is 31.1 Å². The number of unbranched alkanes of at least 4 members (excludes halogenated alkanes) is 1. The molecule has 0 heterocycles. The van der Waals surface area contributed by atoms with Gasteiger partial charge >= 0.3 is 5.97 Å². The molecule has 9 heteroatoms. The highest BCUT2D eigenvalue weighted by atomic mass is 17.0. The van der Waals surface area contributed by atoms with Crippen LogP contribution in [0.2, 0.25) is 0 Å². The van der Waals surface area contributed by atoms with Crippen LogP contribution in [-0.4, -0.2) is 57.4 Å². The monoisotopic (exact) mass is 507 g/mol. The summed E-state index contributed by atoms with van der Waals surface area (Å²) in [5, 5.41) is 41.4. The number of carbonyl (C=O) groups excluding carboxylic acids is 1. The maximum absolute atomic E-state index is 11.8. The molecule has 1 aliphatic rings. The average molecular weight is 508 g/mol. The van der Waals surface area contributed by atoms with Crippen LogP contribution in [0.15, 0.2) is 42.5 Å². The fraction of sp³-hybridized carbons (Fsp3) is 0.667. The Morgan fingerprint density at radius 1 is 1.17 bits per heavy atom. The van der Waals surface area contributed by atoms with Crippen LogP contribution in [0.25, 0.3) is 0 Å². The minimum Gasteiger partial charge on any atom is -0.466 e. The second-order valence-corrected chi connectivity index (χ2v) is 9.60. The van der Waals surface area contributed by atoms with Gasteiger partial charge in [0.25, 0.3) is 5.09 Å². The van der Waals surface area contributed by atoms with Gasteiger partial charge < -0.3 is 24.9 Å². The molecular formula is C27H41NO8. The molecule has 0 radical (unpaired) electrons. The van der Waals surface area contributed by atoms with E-state index in [2.05, 4.69) is 0 Å². The first-order valence-corrected chi connectivity index (χ1v) is 13.0. The van der Waals surface area contributed by atoms with Crippen LogP contribution in [0.3, 0.4) is 0 Å².